The van der Waals surface area contributed by atoms with Crippen LogP contribution in [0.5, 0.6) is 0 Å². The van der Waals surface area contributed by atoms with Crippen molar-refractivity contribution in [1.82, 2.24) is 20.9 Å². The number of sulfone groups is 1. The average molecular weight is 638 g/mol. The van der Waals surface area contributed by atoms with Crippen LogP contribution in [0.2, 0.25) is 0 Å². The molecule has 1 aliphatic heterocycles. The van der Waals surface area contributed by atoms with Gasteiger partial charge in [-0.3, -0.25) is 19.2 Å². The third kappa shape index (κ3) is 7.39. The van der Waals surface area contributed by atoms with Gasteiger partial charge in [0.1, 0.15) is 12.1 Å². The Morgan fingerprint density at radius 3 is 2.14 bits per heavy atom. The lowest BCUT2D eigenvalue weighted by Gasteiger charge is -2.40. The van der Waals surface area contributed by atoms with E-state index in [2.05, 4.69) is 16.0 Å². The van der Waals surface area contributed by atoms with Crippen molar-refractivity contribution in [2.24, 2.45) is 34.3 Å². The van der Waals surface area contributed by atoms with Crippen LogP contribution < -0.4 is 21.7 Å². The number of piperidine rings is 1. The highest BCUT2D eigenvalue weighted by Crippen LogP contribution is 2.65. The second kappa shape index (κ2) is 12.2. The minimum absolute atomic E-state index is 0.0230. The number of primary amides is 1. The summed E-state index contributed by atoms with van der Waals surface area (Å²) in [6, 6.07) is -3.55. The molecule has 5 amide bonds. The van der Waals surface area contributed by atoms with Crippen molar-refractivity contribution in [1.29, 1.82) is 0 Å². The molecule has 4 fully saturated rings. The molecule has 0 aromatic carbocycles. The molecular weight excluding hydrogens is 586 g/mol. The fourth-order valence-corrected chi connectivity index (χ4v) is 8.85. The molecule has 1 saturated heterocycles. The molecule has 13 heteroatoms. The van der Waals surface area contributed by atoms with E-state index in [1.165, 1.54) is 4.90 Å². The number of nitrogens with two attached hydrogens (primary N) is 1. The Bertz CT molecular complexity index is 1280. The van der Waals surface area contributed by atoms with E-state index in [4.69, 9.17) is 5.73 Å². The van der Waals surface area contributed by atoms with Gasteiger partial charge in [-0.2, -0.15) is 0 Å². The molecule has 0 aromatic heterocycles. The molecule has 5 N–H and O–H groups in total. The highest BCUT2D eigenvalue weighted by atomic mass is 32.2. The Labute approximate surface area is 261 Å². The molecular formula is C31H51N5O7S. The number of likely N-dealkylation sites (tertiary alicyclic amines) is 1. The van der Waals surface area contributed by atoms with Gasteiger partial charge >= 0.3 is 6.03 Å². The van der Waals surface area contributed by atoms with Crippen LogP contribution in [0.1, 0.15) is 92.9 Å². The van der Waals surface area contributed by atoms with Gasteiger partial charge in [-0.1, -0.05) is 73.6 Å². The molecule has 5 atom stereocenters. The van der Waals surface area contributed by atoms with E-state index in [1.807, 2.05) is 34.6 Å². The first-order valence-electron chi connectivity index (χ1n) is 16.1. The lowest BCUT2D eigenvalue weighted by Crippen LogP contribution is -2.64. The quantitative estimate of drug-likeness (QED) is 0.234. The van der Waals surface area contributed by atoms with E-state index in [0.29, 0.717) is 25.8 Å². The molecule has 44 heavy (non-hydrogen) atoms. The standard InChI is InChI=1S/C31H51N5O7S/c1-7-44(42,43)17-31(13-9-8-10-14-31)35-28(41)34-24(29(2,3)4)27(40)36-16-19-21(30(19,5)6)22(36)26(39)33-20(15-18-11-12-18)23(37)25(32)38/h18-22,24H,7-17H2,1-6H3,(H2,32,38)(H,33,39)(H2,34,35,41)/t19?,20?,21-,22-,24+/m0/s1. The number of fused-ring (bicyclic) bond motifs is 1. The van der Waals surface area contributed by atoms with Gasteiger partial charge in [0.2, 0.25) is 17.6 Å². The van der Waals surface area contributed by atoms with Crippen LogP contribution >= 0.6 is 0 Å². The van der Waals surface area contributed by atoms with E-state index in [1.54, 1.807) is 6.92 Å². The van der Waals surface area contributed by atoms with Crippen LogP contribution in [0.25, 0.3) is 0 Å². The molecule has 1 heterocycles. The number of Topliss-reactive ketones (excluding diaryl/α,β-unsaturated/α-hetero) is 1. The minimum Gasteiger partial charge on any atom is -0.363 e. The summed E-state index contributed by atoms with van der Waals surface area (Å²) in [5, 5.41) is 8.55. The molecule has 4 aliphatic rings. The molecule has 0 spiro atoms. The zero-order valence-corrected chi connectivity index (χ0v) is 27.8. The number of hydrogen-bond donors (Lipinski definition) is 4. The predicted molar refractivity (Wildman–Crippen MR) is 165 cm³/mol. The maximum absolute atomic E-state index is 14.2. The monoisotopic (exact) mass is 637 g/mol. The van der Waals surface area contributed by atoms with E-state index >= 15 is 0 Å². The molecule has 248 valence electrons. The molecule has 0 bridgehead atoms. The van der Waals surface area contributed by atoms with E-state index < -0.39 is 68.5 Å². The average Bonchev–Trinajstić information content (AvgIpc) is 3.77. The molecule has 4 rings (SSSR count). The highest BCUT2D eigenvalue weighted by Gasteiger charge is 2.70. The van der Waals surface area contributed by atoms with Crippen LogP contribution in [0, 0.1) is 28.6 Å². The van der Waals surface area contributed by atoms with Crippen LogP contribution in [-0.2, 0) is 29.0 Å². The van der Waals surface area contributed by atoms with Gasteiger partial charge in [0.05, 0.1) is 17.3 Å². The Kier molecular flexibility index (Phi) is 9.51. The van der Waals surface area contributed by atoms with Crippen molar-refractivity contribution in [2.75, 3.05) is 18.1 Å². The number of carbonyl (C=O) groups is 5. The third-order valence-corrected chi connectivity index (χ3v) is 12.3. The van der Waals surface area contributed by atoms with Gasteiger partial charge in [-0.05, 0) is 47.8 Å². The summed E-state index contributed by atoms with van der Waals surface area (Å²) in [5.74, 6) is -2.89. The minimum atomic E-state index is -3.38. The maximum atomic E-state index is 14.2. The Hall–Kier alpha value is -2.70. The SMILES string of the molecule is CCS(=O)(=O)CC1(NC(=O)N[C@H](C(=O)N2CC3[C@@H]([C@H]2C(=O)NC(CC2CC2)C(=O)C(N)=O)C3(C)C)C(C)(C)C)CCCCC1. The van der Waals surface area contributed by atoms with Crippen molar-refractivity contribution in [2.45, 2.75) is 117 Å². The first-order valence-corrected chi connectivity index (χ1v) is 17.9. The van der Waals surface area contributed by atoms with E-state index in [9.17, 15) is 32.4 Å². The third-order valence-electron chi connectivity index (χ3n) is 10.4. The second-order valence-electron chi connectivity index (χ2n) is 15.3. The van der Waals surface area contributed by atoms with Crippen molar-refractivity contribution < 1.29 is 32.4 Å². The number of nitrogens with zero attached hydrogens (tertiary/aromatic N) is 1. The number of urea groups is 1. The number of rotatable bonds is 12. The Morgan fingerprint density at radius 2 is 1.61 bits per heavy atom. The Morgan fingerprint density at radius 1 is 1.00 bits per heavy atom. The largest absolute Gasteiger partial charge is 0.363 e. The summed E-state index contributed by atoms with van der Waals surface area (Å²) in [5.41, 5.74) is 3.43. The van der Waals surface area contributed by atoms with Gasteiger partial charge in [-0.15, -0.1) is 0 Å². The summed E-state index contributed by atoms with van der Waals surface area (Å²) in [4.78, 5) is 67.4. The van der Waals surface area contributed by atoms with Gasteiger partial charge in [-0.25, -0.2) is 13.2 Å². The molecule has 0 aromatic rings. The predicted octanol–water partition coefficient (Wildman–Crippen LogP) is 1.66. The first-order chi connectivity index (χ1) is 20.3. The molecule has 3 saturated carbocycles. The molecule has 12 nitrogen and oxygen atoms in total. The van der Waals surface area contributed by atoms with Crippen molar-refractivity contribution in [3.8, 4) is 0 Å². The zero-order chi connectivity index (χ0) is 32.8. The van der Waals surface area contributed by atoms with Crippen molar-refractivity contribution >= 4 is 39.4 Å². The highest BCUT2D eigenvalue weighted by molar-refractivity contribution is 7.91. The summed E-state index contributed by atoms with van der Waals surface area (Å²) in [6.07, 6.45) is 5.78. The molecule has 2 unspecified atom stereocenters. The van der Waals surface area contributed by atoms with Crippen molar-refractivity contribution in [3.05, 3.63) is 0 Å². The number of nitrogens with one attached hydrogen (secondary N) is 3. The van der Waals surface area contributed by atoms with Crippen LogP contribution in [0.3, 0.4) is 0 Å². The fraction of sp³-hybridized carbons (Fsp3) is 0.839. The summed E-state index contributed by atoms with van der Waals surface area (Å²) >= 11 is 0. The summed E-state index contributed by atoms with van der Waals surface area (Å²) in [6.45, 7) is 11.5. The van der Waals surface area contributed by atoms with Gasteiger partial charge in [0.25, 0.3) is 5.91 Å². The number of carbonyl (C=O) groups excluding carboxylic acids is 5. The Balaban J connectivity index is 1.54. The maximum Gasteiger partial charge on any atom is 0.315 e. The lowest BCUT2D eigenvalue weighted by atomic mass is 9.83. The molecule has 3 aliphatic carbocycles. The number of ketones is 1. The summed E-state index contributed by atoms with van der Waals surface area (Å²) < 4.78 is 25.2. The van der Waals surface area contributed by atoms with Gasteiger partial charge in [0, 0.05) is 12.3 Å². The fourth-order valence-electron chi connectivity index (χ4n) is 7.44. The lowest BCUT2D eigenvalue weighted by molar-refractivity contribution is -0.145. The van der Waals surface area contributed by atoms with Gasteiger partial charge in [0.15, 0.2) is 9.84 Å². The summed E-state index contributed by atoms with van der Waals surface area (Å²) in [7, 11) is -3.38. The second-order valence-corrected chi connectivity index (χ2v) is 17.6. The number of amides is 5. The topological polar surface area (TPSA) is 185 Å². The van der Waals surface area contributed by atoms with Crippen LogP contribution in [-0.4, -0.2) is 84.6 Å². The van der Waals surface area contributed by atoms with Crippen LogP contribution in [0.4, 0.5) is 4.79 Å². The van der Waals surface area contributed by atoms with Crippen molar-refractivity contribution in [3.63, 3.8) is 0 Å². The molecule has 0 radical (unpaired) electrons. The normalized spacial score (nSPS) is 27.0. The van der Waals surface area contributed by atoms with Gasteiger partial charge < -0.3 is 26.6 Å². The van der Waals surface area contributed by atoms with Crippen LogP contribution in [0.15, 0.2) is 0 Å². The first kappa shape index (κ1) is 34.2. The van der Waals surface area contributed by atoms with E-state index in [0.717, 1.165) is 32.1 Å². The number of hydrogen-bond acceptors (Lipinski definition) is 7. The zero-order valence-electron chi connectivity index (χ0n) is 27.0. The van der Waals surface area contributed by atoms with E-state index in [-0.39, 0.29) is 34.7 Å². The smallest absolute Gasteiger partial charge is 0.315 e.